The molecule has 16 heavy (non-hydrogen) atoms. The molecule has 1 aliphatic heterocycles. The van der Waals surface area contributed by atoms with Crippen molar-refractivity contribution in [3.05, 3.63) is 16.3 Å². The molecule has 1 saturated heterocycles. The van der Waals surface area contributed by atoms with Crippen molar-refractivity contribution in [2.45, 2.75) is 13.3 Å². The van der Waals surface area contributed by atoms with Gasteiger partial charge in [-0.15, -0.1) is 5.10 Å². The SMILES string of the molecule is C[C@@H]1CCN(c2nn(C)cc2[N+](=O)[O-])C1=O. The number of nitro groups is 1. The normalized spacial score (nSPS) is 20.5. The van der Waals surface area contributed by atoms with E-state index in [1.807, 2.05) is 6.92 Å². The first kappa shape index (κ1) is 10.6. The van der Waals surface area contributed by atoms with E-state index in [2.05, 4.69) is 5.10 Å². The Hall–Kier alpha value is -1.92. The van der Waals surface area contributed by atoms with Gasteiger partial charge in [-0.25, -0.2) is 0 Å². The average molecular weight is 224 g/mol. The zero-order valence-electron chi connectivity index (χ0n) is 9.08. The maximum Gasteiger partial charge on any atom is 0.331 e. The lowest BCUT2D eigenvalue weighted by molar-refractivity contribution is -0.384. The number of hydrogen-bond acceptors (Lipinski definition) is 4. The van der Waals surface area contributed by atoms with Crippen LogP contribution in [0.4, 0.5) is 11.5 Å². The highest BCUT2D eigenvalue weighted by molar-refractivity contribution is 5.97. The summed E-state index contributed by atoms with van der Waals surface area (Å²) in [6.45, 7) is 2.31. The molecule has 0 aromatic carbocycles. The Morgan fingerprint density at radius 2 is 2.31 bits per heavy atom. The van der Waals surface area contributed by atoms with Crippen molar-refractivity contribution in [2.75, 3.05) is 11.4 Å². The van der Waals surface area contributed by atoms with E-state index in [9.17, 15) is 14.9 Å². The van der Waals surface area contributed by atoms with Crippen molar-refractivity contribution in [2.24, 2.45) is 13.0 Å². The van der Waals surface area contributed by atoms with Gasteiger partial charge in [0.2, 0.25) is 11.7 Å². The van der Waals surface area contributed by atoms with Gasteiger partial charge in [-0.05, 0) is 6.42 Å². The third-order valence-electron chi connectivity index (χ3n) is 2.72. The highest BCUT2D eigenvalue weighted by Crippen LogP contribution is 2.30. The third kappa shape index (κ3) is 1.54. The van der Waals surface area contributed by atoms with Crippen molar-refractivity contribution in [1.82, 2.24) is 9.78 Å². The molecular formula is C9H12N4O3. The van der Waals surface area contributed by atoms with E-state index in [-0.39, 0.29) is 23.3 Å². The maximum absolute atomic E-state index is 11.7. The number of nitrogens with zero attached hydrogens (tertiary/aromatic N) is 4. The summed E-state index contributed by atoms with van der Waals surface area (Å²) in [6, 6.07) is 0. The Morgan fingerprint density at radius 1 is 1.62 bits per heavy atom. The third-order valence-corrected chi connectivity index (χ3v) is 2.72. The van der Waals surface area contributed by atoms with E-state index in [1.165, 1.54) is 15.8 Å². The summed E-state index contributed by atoms with van der Waals surface area (Å²) in [4.78, 5) is 23.4. The van der Waals surface area contributed by atoms with Crippen LogP contribution in [0, 0.1) is 16.0 Å². The number of anilines is 1. The predicted octanol–water partition coefficient (Wildman–Crippen LogP) is 0.701. The Morgan fingerprint density at radius 3 is 2.81 bits per heavy atom. The van der Waals surface area contributed by atoms with Crippen LogP contribution in [0.25, 0.3) is 0 Å². The molecule has 0 aliphatic carbocycles. The minimum atomic E-state index is -0.515. The molecule has 7 heteroatoms. The molecule has 0 N–H and O–H groups in total. The van der Waals surface area contributed by atoms with Crippen LogP contribution >= 0.6 is 0 Å². The minimum absolute atomic E-state index is 0.0818. The average Bonchev–Trinajstić information content (AvgIpc) is 2.73. The van der Waals surface area contributed by atoms with Crippen LogP contribution < -0.4 is 4.90 Å². The van der Waals surface area contributed by atoms with E-state index in [0.717, 1.165) is 0 Å². The predicted molar refractivity (Wildman–Crippen MR) is 56.0 cm³/mol. The second-order valence-electron chi connectivity index (χ2n) is 3.95. The number of rotatable bonds is 2. The monoisotopic (exact) mass is 224 g/mol. The molecule has 0 spiro atoms. The molecule has 7 nitrogen and oxygen atoms in total. The molecule has 1 atom stereocenters. The molecule has 1 aromatic rings. The maximum atomic E-state index is 11.7. The van der Waals surface area contributed by atoms with E-state index < -0.39 is 4.92 Å². The molecule has 2 heterocycles. The molecule has 1 aliphatic rings. The fraction of sp³-hybridized carbons (Fsp3) is 0.556. The Balaban J connectivity index is 2.40. The van der Waals surface area contributed by atoms with E-state index >= 15 is 0 Å². The molecule has 0 saturated carbocycles. The summed E-state index contributed by atoms with van der Waals surface area (Å²) in [5.74, 6) is -0.0229. The number of carbonyl (C=O) groups is 1. The highest BCUT2D eigenvalue weighted by Gasteiger charge is 2.35. The molecule has 0 bridgehead atoms. The lowest BCUT2D eigenvalue weighted by Crippen LogP contribution is -2.27. The molecular weight excluding hydrogens is 212 g/mol. The molecule has 2 rings (SSSR count). The van der Waals surface area contributed by atoms with Crippen LogP contribution in [0.2, 0.25) is 0 Å². The molecule has 1 amide bonds. The second kappa shape index (κ2) is 3.58. The van der Waals surface area contributed by atoms with Crippen molar-refractivity contribution < 1.29 is 9.72 Å². The van der Waals surface area contributed by atoms with Gasteiger partial charge >= 0.3 is 5.69 Å². The summed E-state index contributed by atoms with van der Waals surface area (Å²) in [5.41, 5.74) is -0.120. The molecule has 1 aromatic heterocycles. The Bertz CT molecular complexity index is 454. The summed E-state index contributed by atoms with van der Waals surface area (Å²) < 4.78 is 1.35. The van der Waals surface area contributed by atoms with E-state index in [4.69, 9.17) is 0 Å². The van der Waals surface area contributed by atoms with Crippen LogP contribution in [-0.4, -0.2) is 27.2 Å². The van der Waals surface area contributed by atoms with Crippen LogP contribution in [-0.2, 0) is 11.8 Å². The van der Waals surface area contributed by atoms with Gasteiger partial charge in [0.05, 0.1) is 4.92 Å². The van der Waals surface area contributed by atoms with Crippen LogP contribution in [0.15, 0.2) is 6.20 Å². The number of aryl methyl sites for hydroxylation is 1. The summed E-state index contributed by atoms with van der Waals surface area (Å²) in [7, 11) is 1.60. The summed E-state index contributed by atoms with van der Waals surface area (Å²) in [6.07, 6.45) is 2.03. The lowest BCUT2D eigenvalue weighted by atomic mass is 10.1. The number of hydrogen-bond donors (Lipinski definition) is 0. The van der Waals surface area contributed by atoms with Crippen molar-refractivity contribution in [3.8, 4) is 0 Å². The Labute approximate surface area is 91.8 Å². The number of carbonyl (C=O) groups excluding carboxylic acids is 1. The topological polar surface area (TPSA) is 81.3 Å². The summed E-state index contributed by atoms with van der Waals surface area (Å²) in [5, 5.41) is 14.8. The lowest BCUT2D eigenvalue weighted by Gasteiger charge is -2.11. The molecule has 0 unspecified atom stereocenters. The quantitative estimate of drug-likeness (QED) is 0.547. The summed E-state index contributed by atoms with van der Waals surface area (Å²) >= 11 is 0. The standard InChI is InChI=1S/C9H12N4O3/c1-6-3-4-12(9(6)14)8-7(13(15)16)5-11(2)10-8/h5-6H,3-4H2,1-2H3/t6-/m1/s1. The van der Waals surface area contributed by atoms with Crippen LogP contribution in [0.3, 0.4) is 0 Å². The Kier molecular flexibility index (Phi) is 2.37. The van der Waals surface area contributed by atoms with Crippen LogP contribution in [0.1, 0.15) is 13.3 Å². The van der Waals surface area contributed by atoms with Gasteiger partial charge in [0.1, 0.15) is 6.20 Å². The van der Waals surface area contributed by atoms with Gasteiger partial charge in [0.25, 0.3) is 0 Å². The fourth-order valence-corrected chi connectivity index (χ4v) is 1.82. The highest BCUT2D eigenvalue weighted by atomic mass is 16.6. The van der Waals surface area contributed by atoms with Gasteiger partial charge in [-0.2, -0.15) is 0 Å². The molecule has 1 fully saturated rings. The van der Waals surface area contributed by atoms with E-state index in [0.29, 0.717) is 13.0 Å². The van der Waals surface area contributed by atoms with Gasteiger partial charge in [-0.1, -0.05) is 6.92 Å². The first-order valence-corrected chi connectivity index (χ1v) is 5.00. The zero-order valence-corrected chi connectivity index (χ0v) is 9.08. The number of amides is 1. The zero-order chi connectivity index (χ0) is 11.9. The molecule has 86 valence electrons. The van der Waals surface area contributed by atoms with Gasteiger partial charge in [0.15, 0.2) is 0 Å². The first-order valence-electron chi connectivity index (χ1n) is 5.00. The van der Waals surface area contributed by atoms with Crippen molar-refractivity contribution in [1.29, 1.82) is 0 Å². The van der Waals surface area contributed by atoms with Gasteiger partial charge in [-0.3, -0.25) is 24.5 Å². The molecule has 0 radical (unpaired) electrons. The number of aromatic nitrogens is 2. The van der Waals surface area contributed by atoms with Gasteiger partial charge < -0.3 is 0 Å². The smallest absolute Gasteiger partial charge is 0.289 e. The second-order valence-corrected chi connectivity index (χ2v) is 3.95. The first-order chi connectivity index (χ1) is 7.50. The van der Waals surface area contributed by atoms with Crippen molar-refractivity contribution >= 4 is 17.4 Å². The largest absolute Gasteiger partial charge is 0.331 e. The van der Waals surface area contributed by atoms with Crippen LogP contribution in [0.5, 0.6) is 0 Å². The fourth-order valence-electron chi connectivity index (χ4n) is 1.82. The minimum Gasteiger partial charge on any atom is -0.289 e. The van der Waals surface area contributed by atoms with E-state index in [1.54, 1.807) is 7.05 Å². The van der Waals surface area contributed by atoms with Gasteiger partial charge in [0, 0.05) is 19.5 Å². The van der Waals surface area contributed by atoms with Crippen molar-refractivity contribution in [3.63, 3.8) is 0 Å².